The number of ether oxygens (including phenoxy) is 2. The van der Waals surface area contributed by atoms with Crippen molar-refractivity contribution in [2.75, 3.05) is 13.2 Å². The summed E-state index contributed by atoms with van der Waals surface area (Å²) in [6.07, 6.45) is 0. The SMILES string of the molecule is Cc1c(C(=O)Oc2ccc(CNCCO)c(OCc3cccc(C#N)c3)c2)cccc1-c1ccccc1. The van der Waals surface area contributed by atoms with Gasteiger partial charge in [0, 0.05) is 24.7 Å². The molecule has 0 bridgehead atoms. The third-order valence-electron chi connectivity index (χ3n) is 5.94. The molecular weight excluding hydrogens is 464 g/mol. The first-order valence-electron chi connectivity index (χ1n) is 12.0. The van der Waals surface area contributed by atoms with Crippen LogP contribution in [0.1, 0.15) is 32.6 Å². The van der Waals surface area contributed by atoms with Crippen LogP contribution in [-0.4, -0.2) is 24.2 Å². The monoisotopic (exact) mass is 492 g/mol. The number of nitrogens with one attached hydrogen (secondary N) is 1. The van der Waals surface area contributed by atoms with E-state index < -0.39 is 5.97 Å². The van der Waals surface area contributed by atoms with E-state index >= 15 is 0 Å². The molecule has 0 radical (unpaired) electrons. The number of aliphatic hydroxyl groups is 1. The Kier molecular flexibility index (Phi) is 8.66. The fourth-order valence-electron chi connectivity index (χ4n) is 4.02. The average molecular weight is 493 g/mol. The van der Waals surface area contributed by atoms with Gasteiger partial charge >= 0.3 is 5.97 Å². The van der Waals surface area contributed by atoms with Gasteiger partial charge in [-0.3, -0.25) is 0 Å². The van der Waals surface area contributed by atoms with Crippen LogP contribution in [0.25, 0.3) is 11.1 Å². The zero-order valence-electron chi connectivity index (χ0n) is 20.6. The van der Waals surface area contributed by atoms with Crippen molar-refractivity contribution in [2.24, 2.45) is 0 Å². The van der Waals surface area contributed by atoms with Crippen molar-refractivity contribution in [1.82, 2.24) is 5.32 Å². The van der Waals surface area contributed by atoms with Crippen LogP contribution in [0, 0.1) is 18.3 Å². The maximum Gasteiger partial charge on any atom is 0.343 e. The van der Waals surface area contributed by atoms with E-state index in [1.54, 1.807) is 30.3 Å². The second-order valence-corrected chi connectivity index (χ2v) is 8.50. The lowest BCUT2D eigenvalue weighted by molar-refractivity contribution is 0.0733. The molecule has 0 fully saturated rings. The number of nitriles is 1. The zero-order chi connectivity index (χ0) is 26.0. The first-order valence-corrected chi connectivity index (χ1v) is 12.0. The summed E-state index contributed by atoms with van der Waals surface area (Å²) in [5.41, 5.74) is 5.61. The minimum atomic E-state index is -0.450. The second kappa shape index (κ2) is 12.5. The fraction of sp³-hybridized carbons (Fsp3) is 0.161. The molecule has 186 valence electrons. The Morgan fingerprint density at radius 1 is 0.973 bits per heavy atom. The lowest BCUT2D eigenvalue weighted by atomic mass is 9.96. The number of rotatable bonds is 10. The largest absolute Gasteiger partial charge is 0.488 e. The molecule has 6 heteroatoms. The third-order valence-corrected chi connectivity index (χ3v) is 5.94. The van der Waals surface area contributed by atoms with Gasteiger partial charge < -0.3 is 19.9 Å². The third kappa shape index (κ3) is 6.62. The molecule has 4 aromatic rings. The van der Waals surface area contributed by atoms with Gasteiger partial charge in [-0.15, -0.1) is 0 Å². The van der Waals surface area contributed by atoms with E-state index in [4.69, 9.17) is 19.8 Å². The van der Waals surface area contributed by atoms with E-state index in [1.807, 2.05) is 67.6 Å². The maximum atomic E-state index is 13.1. The summed E-state index contributed by atoms with van der Waals surface area (Å²) in [5, 5.41) is 21.4. The molecule has 0 unspecified atom stereocenters. The van der Waals surface area contributed by atoms with E-state index in [1.165, 1.54) is 0 Å². The van der Waals surface area contributed by atoms with Crippen LogP contribution in [0.5, 0.6) is 11.5 Å². The Labute approximate surface area is 216 Å². The summed E-state index contributed by atoms with van der Waals surface area (Å²) < 4.78 is 11.8. The molecule has 0 spiro atoms. The first-order chi connectivity index (χ1) is 18.1. The molecule has 0 amide bonds. The molecule has 0 aliphatic carbocycles. The Balaban J connectivity index is 1.55. The molecule has 0 atom stereocenters. The van der Waals surface area contributed by atoms with Gasteiger partial charge in [0.2, 0.25) is 0 Å². The van der Waals surface area contributed by atoms with Crippen LogP contribution in [-0.2, 0) is 13.2 Å². The molecule has 2 N–H and O–H groups in total. The molecule has 0 saturated heterocycles. The molecule has 4 aromatic carbocycles. The van der Waals surface area contributed by atoms with Crippen molar-refractivity contribution in [1.29, 1.82) is 5.26 Å². The smallest absolute Gasteiger partial charge is 0.343 e. The molecule has 0 saturated carbocycles. The van der Waals surface area contributed by atoms with Crippen LogP contribution in [0.2, 0.25) is 0 Å². The van der Waals surface area contributed by atoms with Crippen LogP contribution < -0.4 is 14.8 Å². The molecule has 37 heavy (non-hydrogen) atoms. The topological polar surface area (TPSA) is 91.6 Å². The van der Waals surface area contributed by atoms with Crippen molar-refractivity contribution >= 4 is 5.97 Å². The molecular formula is C31H28N2O4. The first kappa shape index (κ1) is 25.6. The lowest BCUT2D eigenvalue weighted by Gasteiger charge is -2.15. The van der Waals surface area contributed by atoms with Gasteiger partial charge in [-0.2, -0.15) is 5.26 Å². The van der Waals surface area contributed by atoms with Crippen LogP contribution in [0.15, 0.2) is 91.0 Å². The van der Waals surface area contributed by atoms with Gasteiger partial charge in [0.15, 0.2) is 0 Å². The highest BCUT2D eigenvalue weighted by atomic mass is 16.5. The fourth-order valence-corrected chi connectivity index (χ4v) is 4.02. The highest BCUT2D eigenvalue weighted by Gasteiger charge is 2.16. The minimum absolute atomic E-state index is 0.0221. The number of aliphatic hydroxyl groups excluding tert-OH is 1. The zero-order valence-corrected chi connectivity index (χ0v) is 20.6. The van der Waals surface area contributed by atoms with E-state index in [0.717, 1.165) is 27.8 Å². The number of benzene rings is 4. The van der Waals surface area contributed by atoms with Crippen molar-refractivity contribution < 1.29 is 19.4 Å². The number of carbonyl (C=O) groups is 1. The average Bonchev–Trinajstić information content (AvgIpc) is 2.93. The molecule has 6 nitrogen and oxygen atoms in total. The highest BCUT2D eigenvalue weighted by Crippen LogP contribution is 2.29. The second-order valence-electron chi connectivity index (χ2n) is 8.50. The Morgan fingerprint density at radius 2 is 1.78 bits per heavy atom. The summed E-state index contributed by atoms with van der Waals surface area (Å²) in [7, 11) is 0. The van der Waals surface area contributed by atoms with E-state index in [2.05, 4.69) is 11.4 Å². The number of hydrogen-bond donors (Lipinski definition) is 2. The summed E-state index contributed by atoms with van der Waals surface area (Å²) in [4.78, 5) is 13.1. The van der Waals surface area contributed by atoms with Crippen molar-refractivity contribution in [3.8, 4) is 28.7 Å². The number of hydrogen-bond acceptors (Lipinski definition) is 6. The summed E-state index contributed by atoms with van der Waals surface area (Å²) >= 11 is 0. The quantitative estimate of drug-likeness (QED) is 0.175. The van der Waals surface area contributed by atoms with Crippen molar-refractivity contribution in [3.63, 3.8) is 0 Å². The highest BCUT2D eigenvalue weighted by molar-refractivity contribution is 5.94. The number of nitrogens with zero attached hydrogens (tertiary/aromatic N) is 1. The maximum absolute atomic E-state index is 13.1. The molecule has 4 rings (SSSR count). The van der Waals surface area contributed by atoms with E-state index in [-0.39, 0.29) is 13.2 Å². The molecule has 0 aliphatic heterocycles. The number of carbonyl (C=O) groups excluding carboxylic acids is 1. The summed E-state index contributed by atoms with van der Waals surface area (Å²) in [5.74, 6) is 0.461. The summed E-state index contributed by atoms with van der Waals surface area (Å²) in [6, 6.07) is 30.1. The van der Waals surface area contributed by atoms with E-state index in [9.17, 15) is 4.79 Å². The van der Waals surface area contributed by atoms with Gasteiger partial charge in [0.1, 0.15) is 18.1 Å². The van der Waals surface area contributed by atoms with Gasteiger partial charge in [-0.1, -0.05) is 60.7 Å². The predicted molar refractivity (Wildman–Crippen MR) is 142 cm³/mol. The standard InChI is InChI=1S/C31H28N2O4/c1-22-28(25-9-3-2-4-10-25)11-6-12-29(22)31(35)37-27-14-13-26(20-33-15-16-34)30(18-27)36-21-24-8-5-7-23(17-24)19-32/h2-14,17-18,33-34H,15-16,20-21H2,1H3. The van der Waals surface area contributed by atoms with E-state index in [0.29, 0.717) is 35.7 Å². The van der Waals surface area contributed by atoms with Crippen molar-refractivity contribution in [2.45, 2.75) is 20.1 Å². The van der Waals surface area contributed by atoms with Gasteiger partial charge in [-0.05, 0) is 53.4 Å². The molecule has 0 aromatic heterocycles. The Hall–Kier alpha value is -4.44. The van der Waals surface area contributed by atoms with Crippen LogP contribution in [0.4, 0.5) is 0 Å². The number of esters is 1. The predicted octanol–water partition coefficient (Wildman–Crippen LogP) is 5.41. The molecule has 0 aliphatic rings. The summed E-state index contributed by atoms with van der Waals surface area (Å²) in [6.45, 7) is 3.10. The Morgan fingerprint density at radius 3 is 2.57 bits per heavy atom. The van der Waals surface area contributed by atoms with Crippen LogP contribution >= 0.6 is 0 Å². The lowest BCUT2D eigenvalue weighted by Crippen LogP contribution is -2.18. The van der Waals surface area contributed by atoms with Crippen molar-refractivity contribution in [3.05, 3.63) is 119 Å². The van der Waals surface area contributed by atoms with Gasteiger partial charge in [0.05, 0.1) is 23.8 Å². The minimum Gasteiger partial charge on any atom is -0.488 e. The molecule has 0 heterocycles. The normalized spacial score (nSPS) is 10.5. The van der Waals surface area contributed by atoms with Gasteiger partial charge in [-0.25, -0.2) is 4.79 Å². The van der Waals surface area contributed by atoms with Gasteiger partial charge in [0.25, 0.3) is 0 Å². The Bertz CT molecular complexity index is 1410. The van der Waals surface area contributed by atoms with Crippen LogP contribution in [0.3, 0.4) is 0 Å².